The molecule has 1 unspecified atom stereocenters. The molecule has 4 nitrogen and oxygen atoms in total. The smallest absolute Gasteiger partial charge is 0.128 e. The summed E-state index contributed by atoms with van der Waals surface area (Å²) in [7, 11) is 2.00. The van der Waals surface area contributed by atoms with Crippen molar-refractivity contribution in [1.29, 1.82) is 0 Å². The summed E-state index contributed by atoms with van der Waals surface area (Å²) in [6, 6.07) is 5.42. The van der Waals surface area contributed by atoms with Gasteiger partial charge in [-0.2, -0.15) is 0 Å². The second kappa shape index (κ2) is 7.55. The number of imidazole rings is 1. The van der Waals surface area contributed by atoms with Crippen molar-refractivity contribution in [2.24, 2.45) is 7.05 Å². The zero-order valence-corrected chi connectivity index (χ0v) is 14.7. The number of aromatic nitrogens is 2. The lowest BCUT2D eigenvalue weighted by atomic mass is 10.1. The summed E-state index contributed by atoms with van der Waals surface area (Å²) >= 11 is 3.30. The molecule has 1 aliphatic heterocycles. The molecule has 0 saturated carbocycles. The highest BCUT2D eigenvalue weighted by Crippen LogP contribution is 2.24. The molecule has 1 N–H and O–H groups in total. The molecule has 3 rings (SSSR count). The van der Waals surface area contributed by atoms with Crippen molar-refractivity contribution in [2.45, 2.75) is 12.6 Å². The number of hydrogen-bond donors (Lipinski definition) is 1. The number of nitrogens with zero attached hydrogens (tertiary/aromatic N) is 3. The van der Waals surface area contributed by atoms with Crippen LogP contribution in [0.3, 0.4) is 0 Å². The number of nitrogens with one attached hydrogen (secondary N) is 1. The molecule has 22 heavy (non-hydrogen) atoms. The molecule has 0 bridgehead atoms. The van der Waals surface area contributed by atoms with E-state index in [0.29, 0.717) is 6.54 Å². The molecule has 1 fully saturated rings. The first kappa shape index (κ1) is 17.4. The van der Waals surface area contributed by atoms with E-state index in [-0.39, 0.29) is 24.3 Å². The first-order valence-corrected chi connectivity index (χ1v) is 7.80. The van der Waals surface area contributed by atoms with Gasteiger partial charge in [0, 0.05) is 55.7 Å². The second-order valence-corrected chi connectivity index (χ2v) is 6.24. The normalized spacial score (nSPS) is 19.0. The monoisotopic (exact) mass is 388 g/mol. The van der Waals surface area contributed by atoms with Crippen molar-refractivity contribution in [1.82, 2.24) is 19.8 Å². The third-order valence-electron chi connectivity index (χ3n) is 3.90. The van der Waals surface area contributed by atoms with E-state index in [1.807, 2.05) is 36.1 Å². The molecule has 0 amide bonds. The minimum Gasteiger partial charge on any atom is -0.337 e. The highest BCUT2D eigenvalue weighted by atomic mass is 79.9. The summed E-state index contributed by atoms with van der Waals surface area (Å²) in [6.45, 7) is 3.23. The molecule has 0 aliphatic carbocycles. The van der Waals surface area contributed by atoms with Crippen molar-refractivity contribution in [2.75, 3.05) is 19.6 Å². The quantitative estimate of drug-likeness (QED) is 0.876. The topological polar surface area (TPSA) is 33.1 Å². The number of rotatable bonds is 3. The van der Waals surface area contributed by atoms with Gasteiger partial charge < -0.3 is 9.88 Å². The fourth-order valence-electron chi connectivity index (χ4n) is 2.76. The summed E-state index contributed by atoms with van der Waals surface area (Å²) < 4.78 is 16.9. The first-order chi connectivity index (χ1) is 10.1. The van der Waals surface area contributed by atoms with E-state index in [1.54, 1.807) is 0 Å². The zero-order chi connectivity index (χ0) is 14.8. The molecule has 7 heteroatoms. The van der Waals surface area contributed by atoms with Crippen molar-refractivity contribution in [3.05, 3.63) is 52.3 Å². The number of halogens is 3. The van der Waals surface area contributed by atoms with Gasteiger partial charge in [0.2, 0.25) is 0 Å². The van der Waals surface area contributed by atoms with E-state index >= 15 is 0 Å². The van der Waals surface area contributed by atoms with Gasteiger partial charge in [0.1, 0.15) is 11.6 Å². The van der Waals surface area contributed by atoms with Crippen molar-refractivity contribution in [3.63, 3.8) is 0 Å². The van der Waals surface area contributed by atoms with E-state index in [2.05, 4.69) is 31.1 Å². The van der Waals surface area contributed by atoms with Crippen LogP contribution in [0.5, 0.6) is 0 Å². The molecular formula is C15H19BrClFN4. The maximum absolute atomic E-state index is 14.1. The van der Waals surface area contributed by atoms with Crippen LogP contribution in [-0.4, -0.2) is 34.1 Å². The molecule has 2 heterocycles. The molecule has 1 aliphatic rings. The first-order valence-electron chi connectivity index (χ1n) is 7.01. The highest BCUT2D eigenvalue weighted by Gasteiger charge is 2.27. The predicted octanol–water partition coefficient (Wildman–Crippen LogP) is 2.89. The van der Waals surface area contributed by atoms with Crippen LogP contribution in [-0.2, 0) is 13.6 Å². The Bertz CT molecular complexity index is 634. The van der Waals surface area contributed by atoms with Crippen molar-refractivity contribution < 1.29 is 4.39 Å². The highest BCUT2D eigenvalue weighted by molar-refractivity contribution is 9.10. The fourth-order valence-corrected chi connectivity index (χ4v) is 3.09. The largest absolute Gasteiger partial charge is 0.337 e. The molecule has 1 atom stereocenters. The van der Waals surface area contributed by atoms with E-state index in [4.69, 9.17) is 0 Å². The van der Waals surface area contributed by atoms with Crippen LogP contribution in [0.1, 0.15) is 17.4 Å². The third-order valence-corrected chi connectivity index (χ3v) is 4.39. The average molecular weight is 390 g/mol. The summed E-state index contributed by atoms with van der Waals surface area (Å²) in [5, 5.41) is 3.39. The van der Waals surface area contributed by atoms with Gasteiger partial charge in [-0.1, -0.05) is 22.0 Å². The number of benzene rings is 1. The minimum absolute atomic E-state index is 0. The van der Waals surface area contributed by atoms with Crippen LogP contribution in [0.4, 0.5) is 4.39 Å². The maximum Gasteiger partial charge on any atom is 0.128 e. The predicted molar refractivity (Wildman–Crippen MR) is 90.6 cm³/mol. The summed E-state index contributed by atoms with van der Waals surface area (Å²) in [4.78, 5) is 6.73. The van der Waals surface area contributed by atoms with E-state index in [9.17, 15) is 4.39 Å². The van der Waals surface area contributed by atoms with Gasteiger partial charge in [-0.15, -0.1) is 12.4 Å². The number of hydrogen-bond acceptors (Lipinski definition) is 3. The molecule has 1 aromatic carbocycles. The molecular weight excluding hydrogens is 371 g/mol. The van der Waals surface area contributed by atoms with Gasteiger partial charge in [0.15, 0.2) is 0 Å². The van der Waals surface area contributed by atoms with Crippen LogP contribution >= 0.6 is 28.3 Å². The van der Waals surface area contributed by atoms with Crippen LogP contribution < -0.4 is 5.32 Å². The van der Waals surface area contributed by atoms with Gasteiger partial charge in [-0.05, 0) is 12.1 Å². The van der Waals surface area contributed by atoms with Crippen LogP contribution in [0, 0.1) is 5.82 Å². The van der Waals surface area contributed by atoms with Gasteiger partial charge >= 0.3 is 0 Å². The summed E-state index contributed by atoms with van der Waals surface area (Å²) in [5.41, 5.74) is 0.722. The van der Waals surface area contributed by atoms with Crippen LogP contribution in [0.15, 0.2) is 35.1 Å². The van der Waals surface area contributed by atoms with Crippen molar-refractivity contribution in [3.8, 4) is 0 Å². The Morgan fingerprint density at radius 3 is 2.95 bits per heavy atom. The number of piperazine rings is 1. The van der Waals surface area contributed by atoms with Gasteiger partial charge in [-0.3, -0.25) is 4.90 Å². The molecule has 1 saturated heterocycles. The molecule has 2 aromatic rings. The molecule has 0 radical (unpaired) electrons. The molecule has 0 spiro atoms. The van der Waals surface area contributed by atoms with E-state index < -0.39 is 0 Å². The van der Waals surface area contributed by atoms with E-state index in [1.165, 1.54) is 6.07 Å². The Kier molecular flexibility index (Phi) is 5.97. The average Bonchev–Trinajstić information content (AvgIpc) is 2.89. The lowest BCUT2D eigenvalue weighted by Crippen LogP contribution is -2.46. The van der Waals surface area contributed by atoms with Crippen LogP contribution in [0.2, 0.25) is 0 Å². The maximum atomic E-state index is 14.1. The van der Waals surface area contributed by atoms with Gasteiger partial charge in [0.05, 0.1) is 6.04 Å². The summed E-state index contributed by atoms with van der Waals surface area (Å²) in [6.07, 6.45) is 3.75. The third kappa shape index (κ3) is 3.68. The summed E-state index contributed by atoms with van der Waals surface area (Å²) in [5.74, 6) is 0.848. The molecule has 1 aromatic heterocycles. The second-order valence-electron chi connectivity index (χ2n) is 5.32. The zero-order valence-electron chi connectivity index (χ0n) is 12.3. The Balaban J connectivity index is 0.00000176. The Morgan fingerprint density at radius 2 is 2.27 bits per heavy atom. The van der Waals surface area contributed by atoms with Crippen molar-refractivity contribution >= 4 is 28.3 Å². The standard InChI is InChI=1S/C15H18BrFN4.ClH/c1-20-6-5-19-15(20)14-9-18-4-7-21(14)10-11-2-3-12(16)8-13(11)17;/h2-3,5-6,8,14,18H,4,7,9-10H2,1H3;1H. The van der Waals surface area contributed by atoms with E-state index in [0.717, 1.165) is 35.5 Å². The Labute approximate surface area is 144 Å². The van der Waals surface area contributed by atoms with Crippen LogP contribution in [0.25, 0.3) is 0 Å². The Hall–Kier alpha value is -0.950. The fraction of sp³-hybridized carbons (Fsp3) is 0.400. The van der Waals surface area contributed by atoms with Gasteiger partial charge in [0.25, 0.3) is 0 Å². The SMILES string of the molecule is Cl.Cn1ccnc1C1CNCCN1Cc1ccc(Br)cc1F. The lowest BCUT2D eigenvalue weighted by Gasteiger charge is -2.35. The number of aryl methyl sites for hydroxylation is 1. The lowest BCUT2D eigenvalue weighted by molar-refractivity contribution is 0.143. The Morgan fingerprint density at radius 1 is 1.45 bits per heavy atom. The molecule has 120 valence electrons. The minimum atomic E-state index is -0.165. The van der Waals surface area contributed by atoms with Gasteiger partial charge in [-0.25, -0.2) is 9.37 Å².